The van der Waals surface area contributed by atoms with Crippen LogP contribution in [0.5, 0.6) is 5.75 Å². The van der Waals surface area contributed by atoms with E-state index in [9.17, 15) is 14.7 Å². The number of benzene rings is 1. The van der Waals surface area contributed by atoms with Crippen molar-refractivity contribution in [2.24, 2.45) is 0 Å². The first-order chi connectivity index (χ1) is 9.10. The van der Waals surface area contributed by atoms with E-state index >= 15 is 0 Å². The number of piperidine rings is 1. The SMILES string of the molecule is CCC(NC1CCC(=O)NC1=O)c1ccc(O)cc1. The number of carbonyl (C=O) groups excluding carboxylic acids is 2. The fourth-order valence-electron chi connectivity index (χ4n) is 2.25. The lowest BCUT2D eigenvalue weighted by Crippen LogP contribution is -2.51. The minimum Gasteiger partial charge on any atom is -0.508 e. The molecular weight excluding hydrogens is 244 g/mol. The zero-order valence-electron chi connectivity index (χ0n) is 10.8. The summed E-state index contributed by atoms with van der Waals surface area (Å²) in [4.78, 5) is 22.8. The molecule has 1 aromatic carbocycles. The number of carbonyl (C=O) groups is 2. The van der Waals surface area contributed by atoms with Gasteiger partial charge in [-0.15, -0.1) is 0 Å². The van der Waals surface area contributed by atoms with Gasteiger partial charge in [0.25, 0.3) is 0 Å². The molecule has 5 heteroatoms. The minimum atomic E-state index is -0.337. The van der Waals surface area contributed by atoms with Gasteiger partial charge in [-0.3, -0.25) is 20.2 Å². The van der Waals surface area contributed by atoms with Gasteiger partial charge in [0.15, 0.2) is 0 Å². The monoisotopic (exact) mass is 262 g/mol. The molecule has 2 atom stereocenters. The summed E-state index contributed by atoms with van der Waals surface area (Å²) < 4.78 is 0. The first-order valence-corrected chi connectivity index (χ1v) is 6.49. The van der Waals surface area contributed by atoms with Gasteiger partial charge in [-0.25, -0.2) is 0 Å². The van der Waals surface area contributed by atoms with Crippen molar-refractivity contribution in [1.29, 1.82) is 0 Å². The number of imide groups is 1. The molecule has 0 saturated carbocycles. The summed E-state index contributed by atoms with van der Waals surface area (Å²) in [6.45, 7) is 2.02. The van der Waals surface area contributed by atoms with Crippen LogP contribution in [0.2, 0.25) is 0 Å². The molecule has 1 saturated heterocycles. The number of phenols is 1. The molecule has 102 valence electrons. The van der Waals surface area contributed by atoms with Crippen molar-refractivity contribution in [3.05, 3.63) is 29.8 Å². The highest BCUT2D eigenvalue weighted by Gasteiger charge is 2.28. The minimum absolute atomic E-state index is 0.0320. The molecule has 3 N–H and O–H groups in total. The van der Waals surface area contributed by atoms with E-state index in [0.29, 0.717) is 12.8 Å². The molecular formula is C14H18N2O3. The van der Waals surface area contributed by atoms with Crippen LogP contribution in [-0.4, -0.2) is 23.0 Å². The summed E-state index contributed by atoms with van der Waals surface area (Å²) in [5.74, 6) is -0.242. The summed E-state index contributed by atoms with van der Waals surface area (Å²) in [5.41, 5.74) is 1.02. The number of aromatic hydroxyl groups is 1. The lowest BCUT2D eigenvalue weighted by Gasteiger charge is -2.27. The van der Waals surface area contributed by atoms with E-state index in [4.69, 9.17) is 0 Å². The molecule has 1 aliphatic rings. The number of rotatable bonds is 4. The predicted molar refractivity (Wildman–Crippen MR) is 70.4 cm³/mol. The molecule has 1 aromatic rings. The van der Waals surface area contributed by atoms with Crippen LogP contribution in [0.4, 0.5) is 0 Å². The Hall–Kier alpha value is -1.88. The Morgan fingerprint density at radius 3 is 2.63 bits per heavy atom. The van der Waals surface area contributed by atoms with Gasteiger partial charge in [-0.05, 0) is 30.5 Å². The Morgan fingerprint density at radius 1 is 1.37 bits per heavy atom. The molecule has 1 heterocycles. The maximum atomic E-state index is 11.7. The number of amides is 2. The van der Waals surface area contributed by atoms with Crippen LogP contribution in [0.15, 0.2) is 24.3 Å². The first-order valence-electron chi connectivity index (χ1n) is 6.49. The van der Waals surface area contributed by atoms with Crippen LogP contribution >= 0.6 is 0 Å². The third kappa shape index (κ3) is 3.32. The average molecular weight is 262 g/mol. The molecule has 1 fully saturated rings. The molecule has 0 spiro atoms. The molecule has 0 aliphatic carbocycles. The van der Waals surface area contributed by atoms with E-state index in [1.807, 2.05) is 19.1 Å². The highest BCUT2D eigenvalue weighted by Crippen LogP contribution is 2.21. The second kappa shape index (κ2) is 5.84. The molecule has 2 amide bonds. The summed E-state index contributed by atoms with van der Waals surface area (Å²) in [5, 5.41) is 14.9. The molecule has 5 nitrogen and oxygen atoms in total. The second-order valence-electron chi connectivity index (χ2n) is 4.72. The third-order valence-corrected chi connectivity index (χ3v) is 3.35. The number of nitrogens with one attached hydrogen (secondary N) is 2. The largest absolute Gasteiger partial charge is 0.508 e. The molecule has 2 unspecified atom stereocenters. The molecule has 19 heavy (non-hydrogen) atoms. The van der Waals surface area contributed by atoms with E-state index in [2.05, 4.69) is 10.6 Å². The summed E-state index contributed by atoms with van der Waals surface area (Å²) >= 11 is 0. The van der Waals surface area contributed by atoms with Gasteiger partial charge < -0.3 is 5.11 Å². The van der Waals surface area contributed by atoms with Gasteiger partial charge in [-0.2, -0.15) is 0 Å². The van der Waals surface area contributed by atoms with Crippen molar-refractivity contribution >= 4 is 11.8 Å². The van der Waals surface area contributed by atoms with E-state index < -0.39 is 0 Å². The predicted octanol–water partition coefficient (Wildman–Crippen LogP) is 1.24. The Bertz CT molecular complexity index is 470. The highest BCUT2D eigenvalue weighted by molar-refractivity contribution is 6.00. The summed E-state index contributed by atoms with van der Waals surface area (Å²) in [7, 11) is 0. The first kappa shape index (κ1) is 13.5. The van der Waals surface area contributed by atoms with Gasteiger partial charge in [0, 0.05) is 12.5 Å². The Kier molecular flexibility index (Phi) is 4.16. The fourth-order valence-corrected chi connectivity index (χ4v) is 2.25. The van der Waals surface area contributed by atoms with Crippen molar-refractivity contribution in [3.8, 4) is 5.75 Å². The third-order valence-electron chi connectivity index (χ3n) is 3.35. The Balaban J connectivity index is 2.05. The highest BCUT2D eigenvalue weighted by atomic mass is 16.3. The molecule has 1 aliphatic heterocycles. The fraction of sp³-hybridized carbons (Fsp3) is 0.429. The second-order valence-corrected chi connectivity index (χ2v) is 4.72. The van der Waals surface area contributed by atoms with Crippen molar-refractivity contribution in [2.45, 2.75) is 38.3 Å². The molecule has 0 radical (unpaired) electrons. The number of phenolic OH excluding ortho intramolecular Hbond substituents is 1. The van der Waals surface area contributed by atoms with Gasteiger partial charge in [0.05, 0.1) is 6.04 Å². The summed E-state index contributed by atoms with van der Waals surface area (Å²) in [6, 6.07) is 6.62. The van der Waals surface area contributed by atoms with Crippen LogP contribution in [-0.2, 0) is 9.59 Å². The zero-order valence-corrected chi connectivity index (χ0v) is 10.8. The maximum Gasteiger partial charge on any atom is 0.243 e. The van der Waals surface area contributed by atoms with Gasteiger partial charge in [0.2, 0.25) is 11.8 Å². The van der Waals surface area contributed by atoms with E-state index in [-0.39, 0.29) is 29.6 Å². The lowest BCUT2D eigenvalue weighted by molar-refractivity contribution is -0.134. The van der Waals surface area contributed by atoms with Crippen molar-refractivity contribution < 1.29 is 14.7 Å². The average Bonchev–Trinajstić information content (AvgIpc) is 2.39. The van der Waals surface area contributed by atoms with E-state index in [1.54, 1.807) is 12.1 Å². The van der Waals surface area contributed by atoms with Crippen LogP contribution in [0, 0.1) is 0 Å². The normalized spacial score (nSPS) is 21.0. The molecule has 0 bridgehead atoms. The summed E-state index contributed by atoms with van der Waals surface area (Å²) in [6.07, 6.45) is 1.72. The van der Waals surface area contributed by atoms with Crippen LogP contribution < -0.4 is 10.6 Å². The van der Waals surface area contributed by atoms with Crippen molar-refractivity contribution in [1.82, 2.24) is 10.6 Å². The lowest BCUT2D eigenvalue weighted by atomic mass is 10.00. The number of hydrogen-bond acceptors (Lipinski definition) is 4. The Labute approximate surface area is 112 Å². The molecule has 2 rings (SSSR count). The zero-order chi connectivity index (χ0) is 13.8. The Morgan fingerprint density at radius 2 is 2.05 bits per heavy atom. The van der Waals surface area contributed by atoms with Crippen molar-refractivity contribution in [2.75, 3.05) is 0 Å². The van der Waals surface area contributed by atoms with Crippen LogP contribution in [0.25, 0.3) is 0 Å². The standard InChI is InChI=1S/C14H18N2O3/c1-2-11(9-3-5-10(17)6-4-9)15-12-7-8-13(18)16-14(12)19/h3-6,11-12,15,17H,2,7-8H2,1H3,(H,16,18,19). The van der Waals surface area contributed by atoms with Gasteiger partial charge >= 0.3 is 0 Å². The smallest absolute Gasteiger partial charge is 0.243 e. The van der Waals surface area contributed by atoms with E-state index in [1.165, 1.54) is 0 Å². The van der Waals surface area contributed by atoms with Crippen LogP contribution in [0.3, 0.4) is 0 Å². The van der Waals surface area contributed by atoms with Crippen molar-refractivity contribution in [3.63, 3.8) is 0 Å². The molecule has 0 aromatic heterocycles. The maximum absolute atomic E-state index is 11.7. The quantitative estimate of drug-likeness (QED) is 0.713. The van der Waals surface area contributed by atoms with Crippen LogP contribution in [0.1, 0.15) is 37.8 Å². The van der Waals surface area contributed by atoms with Gasteiger partial charge in [0.1, 0.15) is 5.75 Å². The number of hydrogen-bond donors (Lipinski definition) is 3. The van der Waals surface area contributed by atoms with Gasteiger partial charge in [-0.1, -0.05) is 19.1 Å². The van der Waals surface area contributed by atoms with E-state index in [0.717, 1.165) is 12.0 Å². The topological polar surface area (TPSA) is 78.4 Å².